The Kier molecular flexibility index (Phi) is 4.74. The first-order valence-electron chi connectivity index (χ1n) is 5.90. The fraction of sp³-hybridized carbons (Fsp3) is 0.0769. The van der Waals surface area contributed by atoms with Crippen LogP contribution in [-0.4, -0.2) is 26.4 Å². The van der Waals surface area contributed by atoms with E-state index in [9.17, 15) is 0 Å². The molecule has 2 aromatic heterocycles. The maximum absolute atomic E-state index is 6.10. The van der Waals surface area contributed by atoms with Crippen molar-refractivity contribution in [1.82, 2.24) is 20.2 Å². The molecule has 0 saturated heterocycles. The van der Waals surface area contributed by atoms with Crippen LogP contribution in [0.5, 0.6) is 0 Å². The van der Waals surface area contributed by atoms with Crippen LogP contribution in [-0.2, 0) is 0 Å². The number of hydrogen-bond donors (Lipinski definition) is 0. The number of rotatable bonds is 4. The zero-order chi connectivity index (χ0) is 14.7. The first-order valence-corrected chi connectivity index (χ1v) is 9.13. The molecule has 4 nitrogen and oxygen atoms in total. The van der Waals surface area contributed by atoms with Crippen molar-refractivity contribution < 1.29 is 0 Å². The van der Waals surface area contributed by atoms with Crippen molar-refractivity contribution in [2.75, 3.05) is 6.26 Å². The number of aromatic nitrogens is 4. The zero-order valence-corrected chi connectivity index (χ0v) is 14.1. The van der Waals surface area contributed by atoms with Gasteiger partial charge >= 0.3 is 0 Å². The lowest BCUT2D eigenvalue weighted by molar-refractivity contribution is 0.952. The van der Waals surface area contributed by atoms with Gasteiger partial charge in [-0.2, -0.15) is 0 Å². The van der Waals surface area contributed by atoms with Gasteiger partial charge in [-0.25, -0.2) is 9.97 Å². The molecule has 0 aliphatic rings. The molecule has 0 N–H and O–H groups in total. The van der Waals surface area contributed by atoms with Crippen LogP contribution < -0.4 is 0 Å². The Morgan fingerprint density at radius 3 is 2.52 bits per heavy atom. The third-order valence-electron chi connectivity index (χ3n) is 2.46. The number of benzene rings is 1. The van der Waals surface area contributed by atoms with Crippen LogP contribution in [0.3, 0.4) is 0 Å². The highest BCUT2D eigenvalue weighted by Crippen LogP contribution is 2.33. The van der Waals surface area contributed by atoms with Crippen LogP contribution in [0.15, 0.2) is 50.1 Å². The molecular formula is C13H9ClN4S3. The lowest BCUT2D eigenvalue weighted by atomic mass is 10.2. The second-order valence-corrected chi connectivity index (χ2v) is 7.54. The molecule has 0 bridgehead atoms. The smallest absolute Gasteiger partial charge is 0.181 e. The normalized spacial score (nSPS) is 10.8. The summed E-state index contributed by atoms with van der Waals surface area (Å²) in [7, 11) is 0. The molecule has 1 aromatic carbocycles. The van der Waals surface area contributed by atoms with E-state index in [4.69, 9.17) is 11.6 Å². The average Bonchev–Trinajstić information content (AvgIpc) is 2.95. The van der Waals surface area contributed by atoms with E-state index in [1.165, 1.54) is 23.1 Å². The number of hydrogen-bond acceptors (Lipinski definition) is 7. The van der Waals surface area contributed by atoms with E-state index in [1.807, 2.05) is 36.6 Å². The molecule has 3 aromatic rings. The van der Waals surface area contributed by atoms with E-state index in [-0.39, 0.29) is 0 Å². The highest BCUT2D eigenvalue weighted by molar-refractivity contribution is 8.02. The van der Waals surface area contributed by atoms with Crippen LogP contribution in [0.1, 0.15) is 0 Å². The van der Waals surface area contributed by atoms with Crippen molar-refractivity contribution in [1.29, 1.82) is 0 Å². The van der Waals surface area contributed by atoms with Crippen molar-refractivity contribution in [3.05, 3.63) is 41.6 Å². The monoisotopic (exact) mass is 352 g/mol. The van der Waals surface area contributed by atoms with Gasteiger partial charge < -0.3 is 0 Å². The number of halogens is 1. The van der Waals surface area contributed by atoms with Crippen molar-refractivity contribution in [3.63, 3.8) is 0 Å². The van der Waals surface area contributed by atoms with E-state index in [1.54, 1.807) is 17.8 Å². The lowest BCUT2D eigenvalue weighted by Crippen LogP contribution is -1.91. The van der Waals surface area contributed by atoms with Gasteiger partial charge in [-0.1, -0.05) is 65.0 Å². The summed E-state index contributed by atoms with van der Waals surface area (Å²) < 4.78 is 1.77. The van der Waals surface area contributed by atoms with E-state index < -0.39 is 0 Å². The molecule has 0 fully saturated rings. The molecule has 2 heterocycles. The number of nitrogens with zero attached hydrogens (tertiary/aromatic N) is 4. The summed E-state index contributed by atoms with van der Waals surface area (Å²) in [4.78, 5) is 8.81. The minimum Gasteiger partial charge on any atom is -0.221 e. The van der Waals surface area contributed by atoms with Crippen LogP contribution in [0, 0.1) is 0 Å². The molecule has 0 radical (unpaired) electrons. The van der Waals surface area contributed by atoms with Gasteiger partial charge in [-0.3, -0.25) is 0 Å². The van der Waals surface area contributed by atoms with Crippen LogP contribution >= 0.6 is 46.5 Å². The third kappa shape index (κ3) is 3.74. The Hall–Kier alpha value is -1.15. The van der Waals surface area contributed by atoms with Gasteiger partial charge in [0.2, 0.25) is 0 Å². The molecule has 0 saturated carbocycles. The fourth-order valence-electron chi connectivity index (χ4n) is 1.58. The summed E-state index contributed by atoms with van der Waals surface area (Å²) in [6.07, 6.45) is 1.98. The van der Waals surface area contributed by atoms with Crippen molar-refractivity contribution >= 4 is 46.5 Å². The molecule has 0 aliphatic carbocycles. The standard InChI is InChI=1S/C13H9ClN4S3/c1-19-12-17-18-13(21-12)20-10-7-9(14)15-11(16-10)8-5-3-2-4-6-8/h2-7H,1H3. The SMILES string of the molecule is CSc1nnc(Sc2cc(Cl)nc(-c3ccccc3)n2)s1. The predicted octanol–water partition coefficient (Wildman–Crippen LogP) is 4.52. The van der Waals surface area contributed by atoms with E-state index in [0.717, 1.165) is 19.3 Å². The summed E-state index contributed by atoms with van der Waals surface area (Å²) in [6.45, 7) is 0. The quantitative estimate of drug-likeness (QED) is 0.508. The molecule has 0 unspecified atom stereocenters. The second kappa shape index (κ2) is 6.74. The van der Waals surface area contributed by atoms with Crippen LogP contribution in [0.4, 0.5) is 0 Å². The zero-order valence-electron chi connectivity index (χ0n) is 10.9. The first-order chi connectivity index (χ1) is 10.2. The van der Waals surface area contributed by atoms with Gasteiger partial charge in [-0.05, 0) is 18.0 Å². The molecule has 8 heteroatoms. The Balaban J connectivity index is 1.91. The van der Waals surface area contributed by atoms with Gasteiger partial charge in [0, 0.05) is 11.6 Å². The summed E-state index contributed by atoms with van der Waals surface area (Å²) in [5.74, 6) is 0.611. The van der Waals surface area contributed by atoms with Gasteiger partial charge in [0.15, 0.2) is 14.5 Å². The van der Waals surface area contributed by atoms with Crippen LogP contribution in [0.2, 0.25) is 5.15 Å². The molecule has 0 atom stereocenters. The third-order valence-corrected chi connectivity index (χ3v) is 5.52. The minimum atomic E-state index is 0.418. The van der Waals surface area contributed by atoms with E-state index in [2.05, 4.69) is 20.2 Å². The average molecular weight is 353 g/mol. The minimum absolute atomic E-state index is 0.418. The van der Waals surface area contributed by atoms with Gasteiger partial charge in [-0.15, -0.1) is 10.2 Å². The predicted molar refractivity (Wildman–Crippen MR) is 88.3 cm³/mol. The molecule has 3 rings (SSSR count). The summed E-state index contributed by atoms with van der Waals surface area (Å²) in [5, 5.41) is 9.37. The maximum Gasteiger partial charge on any atom is 0.181 e. The van der Waals surface area contributed by atoms with Gasteiger partial charge in [0.25, 0.3) is 0 Å². The lowest BCUT2D eigenvalue weighted by Gasteiger charge is -2.03. The molecule has 0 spiro atoms. The summed E-state index contributed by atoms with van der Waals surface area (Å²) in [6, 6.07) is 11.5. The van der Waals surface area contributed by atoms with Gasteiger partial charge in [0.1, 0.15) is 10.2 Å². The van der Waals surface area contributed by atoms with E-state index in [0.29, 0.717) is 11.0 Å². The topological polar surface area (TPSA) is 51.6 Å². The molecule has 0 aliphatic heterocycles. The Morgan fingerprint density at radius 2 is 1.81 bits per heavy atom. The van der Waals surface area contributed by atoms with Crippen LogP contribution in [0.25, 0.3) is 11.4 Å². The largest absolute Gasteiger partial charge is 0.221 e. The molecule has 106 valence electrons. The van der Waals surface area contributed by atoms with Crippen molar-refractivity contribution in [2.24, 2.45) is 0 Å². The maximum atomic E-state index is 6.10. The highest BCUT2D eigenvalue weighted by atomic mass is 35.5. The highest BCUT2D eigenvalue weighted by Gasteiger charge is 2.10. The number of thioether (sulfide) groups is 1. The van der Waals surface area contributed by atoms with Gasteiger partial charge in [0.05, 0.1) is 0 Å². The first kappa shape index (κ1) is 14.8. The summed E-state index contributed by atoms with van der Waals surface area (Å²) in [5.41, 5.74) is 0.934. The molecule has 21 heavy (non-hydrogen) atoms. The molecule has 0 amide bonds. The summed E-state index contributed by atoms with van der Waals surface area (Å²) >= 11 is 10.7. The Morgan fingerprint density at radius 1 is 1.05 bits per heavy atom. The van der Waals surface area contributed by atoms with Crippen molar-refractivity contribution in [2.45, 2.75) is 13.7 Å². The Labute approximate surface area is 139 Å². The fourth-order valence-corrected chi connectivity index (χ4v) is 4.21. The Bertz CT molecular complexity index is 748. The van der Waals surface area contributed by atoms with E-state index >= 15 is 0 Å². The van der Waals surface area contributed by atoms with Crippen molar-refractivity contribution in [3.8, 4) is 11.4 Å². The molecular weight excluding hydrogens is 344 g/mol. The second-order valence-electron chi connectivity index (χ2n) is 3.86.